The number of benzene rings is 2. The molecule has 0 spiro atoms. The molecule has 0 aliphatic carbocycles. The molecule has 3 rings (SSSR count). The molecular formula is C21H21ClN2O3. The number of nitrogens with zero attached hydrogens (tertiary/aromatic N) is 2. The zero-order valence-corrected chi connectivity index (χ0v) is 16.3. The van der Waals surface area contributed by atoms with Gasteiger partial charge in [0.2, 0.25) is 0 Å². The highest BCUT2D eigenvalue weighted by atomic mass is 35.5. The number of carbonyl (C=O) groups is 1. The fourth-order valence-electron chi connectivity index (χ4n) is 2.79. The Morgan fingerprint density at radius 3 is 2.52 bits per heavy atom. The fourth-order valence-corrected chi connectivity index (χ4v) is 2.98. The van der Waals surface area contributed by atoms with Crippen LogP contribution in [0, 0.1) is 0 Å². The molecule has 0 saturated carbocycles. The number of rotatable bonds is 6. The Bertz CT molecular complexity index is 921. The van der Waals surface area contributed by atoms with Gasteiger partial charge in [-0.15, -0.1) is 0 Å². The van der Waals surface area contributed by atoms with E-state index in [0.29, 0.717) is 46.7 Å². The predicted octanol–water partition coefficient (Wildman–Crippen LogP) is 4.94. The van der Waals surface area contributed by atoms with Crippen LogP contribution in [0.2, 0.25) is 5.02 Å². The lowest BCUT2D eigenvalue weighted by atomic mass is 10.1. The van der Waals surface area contributed by atoms with Crippen LogP contribution < -0.4 is 14.5 Å². The molecule has 0 atom stereocenters. The van der Waals surface area contributed by atoms with Crippen LogP contribution in [0.5, 0.6) is 11.5 Å². The monoisotopic (exact) mass is 384 g/mol. The summed E-state index contributed by atoms with van der Waals surface area (Å²) in [6, 6.07) is 12.7. The first-order valence-corrected chi connectivity index (χ1v) is 9.18. The van der Waals surface area contributed by atoms with Crippen LogP contribution in [-0.2, 0) is 4.79 Å². The summed E-state index contributed by atoms with van der Waals surface area (Å²) in [6.07, 6.45) is 1.81. The molecule has 1 aliphatic heterocycles. The lowest BCUT2D eigenvalue weighted by Crippen LogP contribution is -2.21. The summed E-state index contributed by atoms with van der Waals surface area (Å²) in [5.74, 6) is 1.15. The largest absolute Gasteiger partial charge is 0.490 e. The molecule has 0 unspecified atom stereocenters. The summed E-state index contributed by atoms with van der Waals surface area (Å²) < 4.78 is 11.2. The van der Waals surface area contributed by atoms with Crippen LogP contribution in [0.15, 0.2) is 53.1 Å². The van der Waals surface area contributed by atoms with Gasteiger partial charge in [0.1, 0.15) is 0 Å². The SMILES string of the molecule is CCOc1ccc(/C=C2\C(=O)N(c3cccc(Cl)c3)N=C2C)cc1OCC. The van der Waals surface area contributed by atoms with Crippen LogP contribution in [-0.4, -0.2) is 24.8 Å². The van der Waals surface area contributed by atoms with E-state index in [2.05, 4.69) is 5.10 Å². The van der Waals surface area contributed by atoms with Crippen LogP contribution in [0.4, 0.5) is 5.69 Å². The normalized spacial score (nSPS) is 15.3. The van der Waals surface area contributed by atoms with E-state index in [1.165, 1.54) is 5.01 Å². The molecule has 1 heterocycles. The van der Waals surface area contributed by atoms with Gasteiger partial charge in [-0.05, 0) is 62.7 Å². The highest BCUT2D eigenvalue weighted by molar-refractivity contribution is 6.33. The maximum atomic E-state index is 12.9. The summed E-state index contributed by atoms with van der Waals surface area (Å²) in [7, 11) is 0. The van der Waals surface area contributed by atoms with Crippen molar-refractivity contribution in [2.75, 3.05) is 18.2 Å². The first kappa shape index (κ1) is 19.0. The van der Waals surface area contributed by atoms with E-state index in [4.69, 9.17) is 21.1 Å². The molecule has 0 bridgehead atoms. The van der Waals surface area contributed by atoms with Gasteiger partial charge in [-0.2, -0.15) is 10.1 Å². The number of carbonyl (C=O) groups excluding carboxylic acids is 1. The maximum absolute atomic E-state index is 12.9. The third-order valence-electron chi connectivity index (χ3n) is 3.99. The summed E-state index contributed by atoms with van der Waals surface area (Å²) >= 11 is 6.03. The Morgan fingerprint density at radius 2 is 1.81 bits per heavy atom. The lowest BCUT2D eigenvalue weighted by molar-refractivity contribution is -0.114. The van der Waals surface area contributed by atoms with Crippen molar-refractivity contribution in [3.05, 3.63) is 58.6 Å². The van der Waals surface area contributed by atoms with E-state index in [-0.39, 0.29) is 5.91 Å². The van der Waals surface area contributed by atoms with Crippen molar-refractivity contribution in [3.8, 4) is 11.5 Å². The molecule has 27 heavy (non-hydrogen) atoms. The average molecular weight is 385 g/mol. The molecule has 0 radical (unpaired) electrons. The number of amides is 1. The Morgan fingerprint density at radius 1 is 1.07 bits per heavy atom. The predicted molar refractivity (Wildman–Crippen MR) is 109 cm³/mol. The molecule has 5 nitrogen and oxygen atoms in total. The van der Waals surface area contributed by atoms with E-state index in [9.17, 15) is 4.79 Å². The lowest BCUT2D eigenvalue weighted by Gasteiger charge is -2.12. The Balaban J connectivity index is 1.92. The van der Waals surface area contributed by atoms with Crippen molar-refractivity contribution in [1.82, 2.24) is 0 Å². The molecule has 0 fully saturated rings. The van der Waals surface area contributed by atoms with Gasteiger partial charge in [0.15, 0.2) is 11.5 Å². The van der Waals surface area contributed by atoms with E-state index in [1.807, 2.05) is 45.0 Å². The van der Waals surface area contributed by atoms with Gasteiger partial charge in [0.05, 0.1) is 30.2 Å². The van der Waals surface area contributed by atoms with E-state index < -0.39 is 0 Å². The number of halogens is 1. The molecule has 6 heteroatoms. The summed E-state index contributed by atoms with van der Waals surface area (Å²) in [6.45, 7) is 6.74. The van der Waals surface area contributed by atoms with Gasteiger partial charge in [0.25, 0.3) is 5.91 Å². The first-order chi connectivity index (χ1) is 13.0. The van der Waals surface area contributed by atoms with Crippen LogP contribution in [0.1, 0.15) is 26.3 Å². The molecule has 1 aliphatic rings. The Hall–Kier alpha value is -2.79. The number of hydrazone groups is 1. The van der Waals surface area contributed by atoms with Crippen LogP contribution in [0.3, 0.4) is 0 Å². The fraction of sp³-hybridized carbons (Fsp3) is 0.238. The van der Waals surface area contributed by atoms with Gasteiger partial charge in [0, 0.05) is 5.02 Å². The number of ether oxygens (including phenoxy) is 2. The van der Waals surface area contributed by atoms with E-state index >= 15 is 0 Å². The standard InChI is InChI=1S/C21H21ClN2O3/c1-4-26-19-10-9-15(12-20(19)27-5-2)11-18-14(3)23-24(21(18)25)17-8-6-7-16(22)13-17/h6-13H,4-5H2,1-3H3/b18-11-. The van der Waals surface area contributed by atoms with Gasteiger partial charge in [-0.25, -0.2) is 0 Å². The zero-order valence-electron chi connectivity index (χ0n) is 15.5. The smallest absolute Gasteiger partial charge is 0.280 e. The molecule has 0 aromatic heterocycles. The highest BCUT2D eigenvalue weighted by Gasteiger charge is 2.28. The van der Waals surface area contributed by atoms with Crippen molar-refractivity contribution >= 4 is 35.0 Å². The van der Waals surface area contributed by atoms with E-state index in [1.54, 1.807) is 24.3 Å². The second-order valence-corrected chi connectivity index (χ2v) is 6.35. The van der Waals surface area contributed by atoms with E-state index in [0.717, 1.165) is 5.56 Å². The first-order valence-electron chi connectivity index (χ1n) is 8.80. The summed E-state index contributed by atoms with van der Waals surface area (Å²) in [5, 5.41) is 6.30. The molecule has 2 aromatic rings. The minimum atomic E-state index is -0.193. The van der Waals surface area contributed by atoms with Crippen molar-refractivity contribution < 1.29 is 14.3 Å². The van der Waals surface area contributed by atoms with Gasteiger partial charge >= 0.3 is 0 Å². The molecule has 1 amide bonds. The number of hydrogen-bond donors (Lipinski definition) is 0. The molecule has 0 N–H and O–H groups in total. The topological polar surface area (TPSA) is 51.1 Å². The molecule has 140 valence electrons. The summed E-state index contributed by atoms with van der Waals surface area (Å²) in [5.41, 5.74) is 2.65. The van der Waals surface area contributed by atoms with Gasteiger partial charge < -0.3 is 9.47 Å². The van der Waals surface area contributed by atoms with Crippen LogP contribution >= 0.6 is 11.6 Å². The zero-order chi connectivity index (χ0) is 19.4. The van der Waals surface area contributed by atoms with Crippen molar-refractivity contribution in [2.45, 2.75) is 20.8 Å². The van der Waals surface area contributed by atoms with Crippen molar-refractivity contribution in [2.24, 2.45) is 5.10 Å². The number of hydrogen-bond acceptors (Lipinski definition) is 4. The highest BCUT2D eigenvalue weighted by Crippen LogP contribution is 2.31. The third-order valence-corrected chi connectivity index (χ3v) is 4.23. The minimum Gasteiger partial charge on any atom is -0.490 e. The maximum Gasteiger partial charge on any atom is 0.280 e. The molecule has 0 saturated heterocycles. The Labute approximate surface area is 163 Å². The second-order valence-electron chi connectivity index (χ2n) is 5.91. The second kappa shape index (κ2) is 8.27. The summed E-state index contributed by atoms with van der Waals surface area (Å²) in [4.78, 5) is 12.9. The average Bonchev–Trinajstić information content (AvgIpc) is 2.92. The van der Waals surface area contributed by atoms with Crippen molar-refractivity contribution in [3.63, 3.8) is 0 Å². The Kier molecular flexibility index (Phi) is 5.81. The molecule has 2 aromatic carbocycles. The minimum absolute atomic E-state index is 0.193. The number of anilines is 1. The van der Waals surface area contributed by atoms with Crippen molar-refractivity contribution in [1.29, 1.82) is 0 Å². The van der Waals surface area contributed by atoms with Gasteiger partial charge in [-0.3, -0.25) is 4.79 Å². The molecular weight excluding hydrogens is 364 g/mol. The van der Waals surface area contributed by atoms with Gasteiger partial charge in [-0.1, -0.05) is 23.7 Å². The third kappa shape index (κ3) is 4.14. The quantitative estimate of drug-likeness (QED) is 0.662. The van der Waals surface area contributed by atoms with Crippen LogP contribution in [0.25, 0.3) is 6.08 Å².